The molecular formula is C13H14N8O. The lowest BCUT2D eigenvalue weighted by Gasteiger charge is -2.11. The maximum absolute atomic E-state index is 12.4. The minimum atomic E-state index is -0.378. The number of hydrogen-bond donors (Lipinski definition) is 3. The Bertz CT molecular complexity index is 778. The van der Waals surface area contributed by atoms with Gasteiger partial charge in [0.2, 0.25) is 5.95 Å². The maximum atomic E-state index is 12.4. The summed E-state index contributed by atoms with van der Waals surface area (Å²) in [7, 11) is 0. The molecule has 0 bridgehead atoms. The number of amides is 1. The summed E-state index contributed by atoms with van der Waals surface area (Å²) >= 11 is 0. The largest absolute Gasteiger partial charge is 0.367 e. The molecule has 22 heavy (non-hydrogen) atoms. The van der Waals surface area contributed by atoms with Crippen molar-refractivity contribution in [3.05, 3.63) is 48.0 Å². The molecule has 1 amide bonds. The first-order valence-corrected chi connectivity index (χ1v) is 6.60. The van der Waals surface area contributed by atoms with Gasteiger partial charge < -0.3 is 11.1 Å². The van der Waals surface area contributed by atoms with Crippen LogP contribution in [0.3, 0.4) is 0 Å². The number of nitrogens with one attached hydrogen (secondary N) is 2. The third-order valence-electron chi connectivity index (χ3n) is 3.06. The smallest absolute Gasteiger partial charge is 0.272 e. The Hall–Kier alpha value is -3.23. The van der Waals surface area contributed by atoms with E-state index in [0.717, 1.165) is 5.69 Å². The van der Waals surface area contributed by atoms with E-state index in [1.165, 1.54) is 10.9 Å². The molecular weight excluding hydrogens is 284 g/mol. The van der Waals surface area contributed by atoms with Gasteiger partial charge in [0, 0.05) is 0 Å². The lowest BCUT2D eigenvalue weighted by atomic mass is 10.3. The molecule has 2 heterocycles. The van der Waals surface area contributed by atoms with Crippen LogP contribution in [0.2, 0.25) is 0 Å². The molecule has 112 valence electrons. The van der Waals surface area contributed by atoms with Crippen molar-refractivity contribution in [2.45, 2.75) is 13.0 Å². The average Bonchev–Trinajstić information content (AvgIpc) is 3.16. The number of aromatic amines is 1. The molecule has 0 saturated carbocycles. The standard InChI is InChI=1S/C13H14N8O/c1-8(11-17-13(14)19-18-11)16-12(22)10-7-15-20-21(10)9-5-3-2-4-6-9/h2-8H,1H3,(H,16,22)(H3,14,17,18,19)/t8-/m0/s1. The molecule has 0 aliphatic rings. The zero-order valence-electron chi connectivity index (χ0n) is 11.8. The zero-order chi connectivity index (χ0) is 15.5. The first-order chi connectivity index (χ1) is 10.6. The molecule has 3 rings (SSSR count). The molecule has 1 atom stereocenters. The van der Waals surface area contributed by atoms with E-state index < -0.39 is 0 Å². The van der Waals surface area contributed by atoms with Crippen LogP contribution >= 0.6 is 0 Å². The van der Waals surface area contributed by atoms with Gasteiger partial charge in [-0.15, -0.1) is 10.2 Å². The number of nitrogens with two attached hydrogens (primary N) is 1. The molecule has 0 fully saturated rings. The molecule has 1 aromatic carbocycles. The van der Waals surface area contributed by atoms with E-state index in [1.54, 1.807) is 6.92 Å². The van der Waals surface area contributed by atoms with Crippen molar-refractivity contribution in [1.82, 2.24) is 35.5 Å². The second-order valence-electron chi connectivity index (χ2n) is 4.64. The van der Waals surface area contributed by atoms with E-state index in [0.29, 0.717) is 11.5 Å². The number of nitrogen functional groups attached to an aromatic ring is 1. The number of carbonyl (C=O) groups is 1. The summed E-state index contributed by atoms with van der Waals surface area (Å²) in [6.07, 6.45) is 1.41. The summed E-state index contributed by atoms with van der Waals surface area (Å²) in [5.74, 6) is 0.285. The lowest BCUT2D eigenvalue weighted by molar-refractivity contribution is 0.0930. The van der Waals surface area contributed by atoms with Crippen molar-refractivity contribution < 1.29 is 4.79 Å². The zero-order valence-corrected chi connectivity index (χ0v) is 11.8. The van der Waals surface area contributed by atoms with Crippen molar-refractivity contribution >= 4 is 11.9 Å². The molecule has 9 heteroatoms. The van der Waals surface area contributed by atoms with Crippen LogP contribution in [0.4, 0.5) is 5.95 Å². The molecule has 0 aliphatic carbocycles. The van der Waals surface area contributed by atoms with E-state index in [9.17, 15) is 4.79 Å². The van der Waals surface area contributed by atoms with Crippen LogP contribution in [0.5, 0.6) is 0 Å². The molecule has 0 radical (unpaired) electrons. The van der Waals surface area contributed by atoms with Crippen LogP contribution < -0.4 is 11.1 Å². The Morgan fingerprint density at radius 2 is 2.14 bits per heavy atom. The molecule has 4 N–H and O–H groups in total. The van der Waals surface area contributed by atoms with Gasteiger partial charge >= 0.3 is 0 Å². The number of rotatable bonds is 4. The van der Waals surface area contributed by atoms with Crippen LogP contribution in [-0.2, 0) is 0 Å². The number of nitrogens with zero attached hydrogens (tertiary/aromatic N) is 5. The maximum Gasteiger partial charge on any atom is 0.272 e. The van der Waals surface area contributed by atoms with Crippen molar-refractivity contribution in [2.75, 3.05) is 5.73 Å². The average molecular weight is 298 g/mol. The molecule has 9 nitrogen and oxygen atoms in total. The number of para-hydroxylation sites is 1. The Kier molecular flexibility index (Phi) is 3.52. The molecule has 0 unspecified atom stereocenters. The van der Waals surface area contributed by atoms with Gasteiger partial charge in [-0.3, -0.25) is 9.89 Å². The van der Waals surface area contributed by atoms with E-state index in [1.807, 2.05) is 30.3 Å². The summed E-state index contributed by atoms with van der Waals surface area (Å²) in [4.78, 5) is 16.4. The van der Waals surface area contributed by atoms with Crippen LogP contribution in [0.25, 0.3) is 5.69 Å². The fourth-order valence-electron chi connectivity index (χ4n) is 1.97. The number of benzene rings is 1. The quantitative estimate of drug-likeness (QED) is 0.642. The number of aromatic nitrogens is 6. The summed E-state index contributed by atoms with van der Waals surface area (Å²) in [5, 5.41) is 16.9. The van der Waals surface area contributed by atoms with Crippen LogP contribution in [0.1, 0.15) is 29.3 Å². The first kappa shape index (κ1) is 13.7. The minimum Gasteiger partial charge on any atom is -0.367 e. The molecule has 2 aromatic heterocycles. The monoisotopic (exact) mass is 298 g/mol. The number of anilines is 1. The highest BCUT2D eigenvalue weighted by Crippen LogP contribution is 2.11. The minimum absolute atomic E-state index is 0.132. The predicted octanol–water partition coefficient (Wildman–Crippen LogP) is 0.459. The number of H-pyrrole nitrogens is 1. The SMILES string of the molecule is C[C@H](NC(=O)c1cnnn1-c1ccccc1)c1nc(N)n[nH]1. The lowest BCUT2D eigenvalue weighted by Crippen LogP contribution is -2.29. The third-order valence-corrected chi connectivity index (χ3v) is 3.06. The van der Waals surface area contributed by atoms with E-state index in [-0.39, 0.29) is 17.9 Å². The van der Waals surface area contributed by atoms with Crippen molar-refractivity contribution in [1.29, 1.82) is 0 Å². The highest BCUT2D eigenvalue weighted by molar-refractivity contribution is 5.92. The first-order valence-electron chi connectivity index (χ1n) is 6.60. The summed E-state index contributed by atoms with van der Waals surface area (Å²) in [5.41, 5.74) is 6.53. The third kappa shape index (κ3) is 2.64. The van der Waals surface area contributed by atoms with Crippen molar-refractivity contribution in [3.63, 3.8) is 0 Å². The van der Waals surface area contributed by atoms with Gasteiger partial charge in [-0.2, -0.15) is 4.98 Å². The molecule has 0 saturated heterocycles. The summed E-state index contributed by atoms with van der Waals surface area (Å²) < 4.78 is 1.47. The van der Waals surface area contributed by atoms with Gasteiger partial charge in [0.15, 0.2) is 5.69 Å². The van der Waals surface area contributed by atoms with Gasteiger partial charge in [0.1, 0.15) is 5.82 Å². The second-order valence-corrected chi connectivity index (χ2v) is 4.64. The molecule has 3 aromatic rings. The van der Waals surface area contributed by atoms with Gasteiger partial charge in [0.05, 0.1) is 17.9 Å². The fourth-order valence-corrected chi connectivity index (χ4v) is 1.97. The number of carbonyl (C=O) groups excluding carboxylic acids is 1. The Morgan fingerprint density at radius 3 is 2.82 bits per heavy atom. The second kappa shape index (κ2) is 5.64. The van der Waals surface area contributed by atoms with Crippen LogP contribution in [0.15, 0.2) is 36.5 Å². The van der Waals surface area contributed by atoms with Gasteiger partial charge in [0.25, 0.3) is 5.91 Å². The van der Waals surface area contributed by atoms with Crippen molar-refractivity contribution in [2.24, 2.45) is 0 Å². The molecule has 0 spiro atoms. The summed E-state index contributed by atoms with van der Waals surface area (Å²) in [6, 6.07) is 8.91. The summed E-state index contributed by atoms with van der Waals surface area (Å²) in [6.45, 7) is 1.77. The molecule has 0 aliphatic heterocycles. The van der Waals surface area contributed by atoms with Crippen molar-refractivity contribution in [3.8, 4) is 5.69 Å². The fraction of sp³-hybridized carbons (Fsp3) is 0.154. The van der Waals surface area contributed by atoms with E-state index in [4.69, 9.17) is 5.73 Å². The Labute approximate surface area is 125 Å². The Morgan fingerprint density at radius 1 is 1.36 bits per heavy atom. The van der Waals surface area contributed by atoms with E-state index >= 15 is 0 Å². The highest BCUT2D eigenvalue weighted by atomic mass is 16.2. The Balaban J connectivity index is 1.80. The predicted molar refractivity (Wildman–Crippen MR) is 78.0 cm³/mol. The number of hydrogen-bond acceptors (Lipinski definition) is 6. The highest BCUT2D eigenvalue weighted by Gasteiger charge is 2.19. The van der Waals surface area contributed by atoms with Crippen LogP contribution in [0, 0.1) is 0 Å². The van der Waals surface area contributed by atoms with Gasteiger partial charge in [-0.25, -0.2) is 4.68 Å². The van der Waals surface area contributed by atoms with E-state index in [2.05, 4.69) is 30.8 Å². The topological polar surface area (TPSA) is 127 Å². The van der Waals surface area contributed by atoms with Gasteiger partial charge in [-0.1, -0.05) is 23.4 Å². The normalized spacial score (nSPS) is 12.0. The van der Waals surface area contributed by atoms with Gasteiger partial charge in [-0.05, 0) is 19.1 Å². The van der Waals surface area contributed by atoms with Crippen LogP contribution in [-0.4, -0.2) is 36.1 Å².